The quantitative estimate of drug-likeness (QED) is 0.803. The maximum Gasteiger partial charge on any atom is 0.266 e. The monoisotopic (exact) mass is 425 g/mol. The first-order valence-electron chi connectivity index (χ1n) is 10.9. The number of ether oxygens (including phenoxy) is 2. The van der Waals surface area contributed by atoms with Crippen molar-refractivity contribution in [3.05, 3.63) is 51.9 Å². The fraction of sp³-hybridized carbons (Fsp3) is 0.522. The molecule has 1 unspecified atom stereocenters. The zero-order valence-electron chi connectivity index (χ0n) is 17.6. The molecule has 4 heterocycles. The Hall–Kier alpha value is -2.87. The summed E-state index contributed by atoms with van der Waals surface area (Å²) in [6.07, 6.45) is 3.98. The minimum absolute atomic E-state index is 0.0282. The normalized spacial score (nSPS) is 26.7. The summed E-state index contributed by atoms with van der Waals surface area (Å²) in [7, 11) is 0. The zero-order chi connectivity index (χ0) is 21.6. The average Bonchev–Trinajstić information content (AvgIpc) is 3.18. The highest BCUT2D eigenvalue weighted by molar-refractivity contribution is 5.80. The summed E-state index contributed by atoms with van der Waals surface area (Å²) in [6.45, 7) is 2.19. The number of aliphatic hydroxyl groups is 1. The van der Waals surface area contributed by atoms with E-state index in [9.17, 15) is 14.7 Å². The topological polar surface area (TPSA) is 93.9 Å². The summed E-state index contributed by atoms with van der Waals surface area (Å²) >= 11 is 0. The van der Waals surface area contributed by atoms with Crippen LogP contribution in [0.3, 0.4) is 0 Å². The molecule has 2 saturated heterocycles. The highest BCUT2D eigenvalue weighted by Crippen LogP contribution is 2.40. The molecule has 0 radical (unpaired) electrons. The van der Waals surface area contributed by atoms with E-state index in [0.717, 1.165) is 30.5 Å². The van der Waals surface area contributed by atoms with Crippen LogP contribution in [0.4, 0.5) is 0 Å². The molecular weight excluding hydrogens is 398 g/mol. The number of piperidine rings is 2. The van der Waals surface area contributed by atoms with Gasteiger partial charge in [-0.05, 0) is 62.8 Å². The van der Waals surface area contributed by atoms with Gasteiger partial charge in [-0.2, -0.15) is 5.10 Å². The summed E-state index contributed by atoms with van der Waals surface area (Å²) < 4.78 is 12.1. The van der Waals surface area contributed by atoms with Crippen molar-refractivity contribution in [3.8, 4) is 11.5 Å². The first-order chi connectivity index (χ1) is 14.9. The molecule has 1 N–H and O–H groups in total. The lowest BCUT2D eigenvalue weighted by atomic mass is 9.75. The molecule has 31 heavy (non-hydrogen) atoms. The van der Waals surface area contributed by atoms with E-state index in [1.54, 1.807) is 6.07 Å². The second kappa shape index (κ2) is 7.67. The molecule has 3 atom stereocenters. The number of rotatable bonds is 4. The molecular formula is C23H27N3O5. The van der Waals surface area contributed by atoms with Gasteiger partial charge >= 0.3 is 0 Å². The molecule has 2 bridgehead atoms. The lowest BCUT2D eigenvalue weighted by Gasteiger charge is -2.52. The van der Waals surface area contributed by atoms with Crippen LogP contribution in [0, 0.1) is 6.92 Å². The van der Waals surface area contributed by atoms with Crippen LogP contribution in [0.1, 0.15) is 43.4 Å². The second-order valence-corrected chi connectivity index (χ2v) is 9.01. The number of hydrogen-bond donors (Lipinski definition) is 1. The molecule has 5 rings (SSSR count). The van der Waals surface area contributed by atoms with E-state index in [1.807, 2.05) is 30.0 Å². The predicted molar refractivity (Wildman–Crippen MR) is 112 cm³/mol. The van der Waals surface area contributed by atoms with Gasteiger partial charge in [-0.15, -0.1) is 0 Å². The molecule has 1 aromatic heterocycles. The Morgan fingerprint density at radius 1 is 1.16 bits per heavy atom. The molecule has 8 nitrogen and oxygen atoms in total. The summed E-state index contributed by atoms with van der Waals surface area (Å²) in [5, 5.41) is 15.7. The Bertz CT molecular complexity index is 1050. The van der Waals surface area contributed by atoms with Crippen molar-refractivity contribution < 1.29 is 19.4 Å². The van der Waals surface area contributed by atoms with Gasteiger partial charge in [-0.25, -0.2) is 4.68 Å². The molecule has 1 amide bonds. The number of nitrogens with zero attached hydrogens (tertiary/aromatic N) is 3. The molecule has 164 valence electrons. The molecule has 8 heteroatoms. The van der Waals surface area contributed by atoms with Crippen LogP contribution in [0.5, 0.6) is 11.5 Å². The third kappa shape index (κ3) is 3.92. The van der Waals surface area contributed by atoms with Gasteiger partial charge in [0.25, 0.3) is 5.56 Å². The van der Waals surface area contributed by atoms with Crippen LogP contribution in [0.2, 0.25) is 0 Å². The van der Waals surface area contributed by atoms with Gasteiger partial charge in [0, 0.05) is 18.2 Å². The van der Waals surface area contributed by atoms with Crippen molar-refractivity contribution in [1.29, 1.82) is 0 Å². The number of fused-ring (bicyclic) bond motifs is 3. The van der Waals surface area contributed by atoms with E-state index in [-0.39, 0.29) is 36.9 Å². The summed E-state index contributed by atoms with van der Waals surface area (Å²) in [5.41, 5.74) is 0.365. The van der Waals surface area contributed by atoms with Crippen LogP contribution >= 0.6 is 0 Å². The smallest absolute Gasteiger partial charge is 0.266 e. The number of aromatic nitrogens is 2. The number of amides is 1. The van der Waals surface area contributed by atoms with E-state index in [4.69, 9.17) is 9.47 Å². The molecule has 2 fully saturated rings. The first kappa shape index (κ1) is 20.1. The standard InChI is InChI=1S/C23H27N3O5/c1-15-5-8-21(27)25(24-15)13-23(29)11-17-3-2-4-18(12-23)26(17)22(28)10-16-6-7-19-20(9-16)31-14-30-19/h5-9,17-18,29H,2-4,10-14H2,1H3/t17-,18+,23?. The van der Waals surface area contributed by atoms with E-state index >= 15 is 0 Å². The van der Waals surface area contributed by atoms with Crippen molar-refractivity contribution in [1.82, 2.24) is 14.7 Å². The summed E-state index contributed by atoms with van der Waals surface area (Å²) in [5.74, 6) is 1.45. The third-order valence-corrected chi connectivity index (χ3v) is 6.62. The SMILES string of the molecule is Cc1ccc(=O)n(CC2(O)C[C@H]3CCC[C@@H](C2)N3C(=O)Cc2ccc3c(c2)OCO3)n1. The molecule has 0 spiro atoms. The highest BCUT2D eigenvalue weighted by Gasteiger charge is 2.47. The highest BCUT2D eigenvalue weighted by atomic mass is 16.7. The minimum atomic E-state index is -1.05. The van der Waals surface area contributed by atoms with Crippen LogP contribution in [-0.4, -0.2) is 50.2 Å². The molecule has 3 aliphatic heterocycles. The van der Waals surface area contributed by atoms with Gasteiger partial charge in [-0.3, -0.25) is 9.59 Å². The number of hydrogen-bond acceptors (Lipinski definition) is 6. The number of aryl methyl sites for hydroxylation is 1. The maximum atomic E-state index is 13.3. The number of benzene rings is 1. The molecule has 1 aromatic carbocycles. The van der Waals surface area contributed by atoms with Crippen LogP contribution < -0.4 is 15.0 Å². The van der Waals surface area contributed by atoms with Gasteiger partial charge in [0.05, 0.1) is 24.3 Å². The number of carbonyl (C=O) groups excluding carboxylic acids is 1. The summed E-state index contributed by atoms with van der Waals surface area (Å²) in [4.78, 5) is 27.4. The van der Waals surface area contributed by atoms with Crippen molar-refractivity contribution in [3.63, 3.8) is 0 Å². The molecule has 0 saturated carbocycles. The number of carbonyl (C=O) groups is 1. The minimum Gasteiger partial charge on any atom is -0.454 e. The lowest BCUT2D eigenvalue weighted by molar-refractivity contribution is -0.152. The molecule has 2 aromatic rings. The largest absolute Gasteiger partial charge is 0.454 e. The average molecular weight is 425 g/mol. The first-order valence-corrected chi connectivity index (χ1v) is 10.9. The summed E-state index contributed by atoms with van der Waals surface area (Å²) in [6, 6.07) is 8.71. The van der Waals surface area contributed by atoms with Crippen molar-refractivity contribution in [2.45, 2.75) is 69.7 Å². The van der Waals surface area contributed by atoms with E-state index in [2.05, 4.69) is 5.10 Å². The van der Waals surface area contributed by atoms with Crippen molar-refractivity contribution in [2.75, 3.05) is 6.79 Å². The predicted octanol–water partition coefficient (Wildman–Crippen LogP) is 1.80. The van der Waals surface area contributed by atoms with Crippen LogP contribution in [-0.2, 0) is 17.8 Å². The Morgan fingerprint density at radius 2 is 1.90 bits per heavy atom. The second-order valence-electron chi connectivity index (χ2n) is 9.01. The molecule has 3 aliphatic rings. The van der Waals surface area contributed by atoms with Crippen LogP contribution in [0.25, 0.3) is 0 Å². The Labute approximate surface area is 180 Å². The van der Waals surface area contributed by atoms with Gasteiger partial charge in [0.2, 0.25) is 12.7 Å². The zero-order valence-corrected chi connectivity index (χ0v) is 17.6. The van der Waals surface area contributed by atoms with Gasteiger partial charge in [-0.1, -0.05) is 6.07 Å². The van der Waals surface area contributed by atoms with Crippen LogP contribution in [0.15, 0.2) is 35.1 Å². The molecule has 0 aliphatic carbocycles. The fourth-order valence-electron chi connectivity index (χ4n) is 5.32. The van der Waals surface area contributed by atoms with Crippen molar-refractivity contribution in [2.24, 2.45) is 0 Å². The van der Waals surface area contributed by atoms with E-state index in [1.165, 1.54) is 10.7 Å². The fourth-order valence-corrected chi connectivity index (χ4v) is 5.32. The van der Waals surface area contributed by atoms with E-state index < -0.39 is 5.60 Å². The van der Waals surface area contributed by atoms with Gasteiger partial charge < -0.3 is 19.5 Å². The van der Waals surface area contributed by atoms with E-state index in [0.29, 0.717) is 30.8 Å². The van der Waals surface area contributed by atoms with Gasteiger partial charge in [0.15, 0.2) is 11.5 Å². The lowest BCUT2D eigenvalue weighted by Crippen LogP contribution is -2.61. The van der Waals surface area contributed by atoms with Gasteiger partial charge in [0.1, 0.15) is 0 Å². The third-order valence-electron chi connectivity index (χ3n) is 6.62. The van der Waals surface area contributed by atoms with Crippen molar-refractivity contribution >= 4 is 5.91 Å². The maximum absolute atomic E-state index is 13.3. The Balaban J connectivity index is 1.32. The Morgan fingerprint density at radius 3 is 2.68 bits per heavy atom. The Kier molecular flexibility index (Phi) is 4.97.